The zero-order chi connectivity index (χ0) is 18.2. The lowest BCUT2D eigenvalue weighted by Gasteiger charge is -2.47. The molecule has 2 rings (SSSR count). The number of allylic oxidation sites excluding steroid dienone is 3. The molecule has 0 saturated carbocycles. The van der Waals surface area contributed by atoms with E-state index < -0.39 is 29.4 Å². The zero-order valence-electron chi connectivity index (χ0n) is 14.2. The summed E-state index contributed by atoms with van der Waals surface area (Å²) in [5, 5.41) is 0.400. The van der Waals surface area contributed by atoms with E-state index in [1.54, 1.807) is 6.08 Å². The minimum absolute atomic E-state index is 0.115. The molecular weight excluding hydrogens is 332 g/mol. The fourth-order valence-electron chi connectivity index (χ4n) is 3.45. The first-order valence-corrected chi connectivity index (χ1v) is 8.07. The quantitative estimate of drug-likeness (QED) is 0.577. The van der Waals surface area contributed by atoms with Gasteiger partial charge in [-0.05, 0) is 24.1 Å². The molecule has 4 atom stereocenters. The molecule has 2 aliphatic carbocycles. The fourth-order valence-corrected chi connectivity index (χ4v) is 3.85. The number of ether oxygens (including phenoxy) is 2. The van der Waals surface area contributed by atoms with E-state index in [2.05, 4.69) is 11.3 Å². The number of methoxy groups -OCH3 is 1. The maximum absolute atomic E-state index is 12.4. The van der Waals surface area contributed by atoms with Crippen LogP contribution in [0.2, 0.25) is 0 Å². The van der Waals surface area contributed by atoms with E-state index in [-0.39, 0.29) is 17.3 Å². The second-order valence-electron chi connectivity index (χ2n) is 6.53. The second kappa shape index (κ2) is 6.55. The summed E-state index contributed by atoms with van der Waals surface area (Å²) in [6.45, 7) is 8.96. The highest BCUT2D eigenvalue weighted by Crippen LogP contribution is 2.53. The molecule has 0 saturated heterocycles. The molecule has 0 amide bonds. The first-order chi connectivity index (χ1) is 11.1. The van der Waals surface area contributed by atoms with Gasteiger partial charge >= 0.3 is 11.9 Å². The van der Waals surface area contributed by atoms with E-state index in [1.165, 1.54) is 20.1 Å². The van der Waals surface area contributed by atoms with Crippen molar-refractivity contribution in [2.24, 2.45) is 17.3 Å². The molecule has 0 N–H and O–H groups in total. The third-order valence-electron chi connectivity index (χ3n) is 5.11. The molecular formula is C18H21ClO5. The van der Waals surface area contributed by atoms with Crippen molar-refractivity contribution in [1.29, 1.82) is 0 Å². The van der Waals surface area contributed by atoms with Crippen molar-refractivity contribution < 1.29 is 23.9 Å². The summed E-state index contributed by atoms with van der Waals surface area (Å²) in [5.41, 5.74) is 0.307. The van der Waals surface area contributed by atoms with Crippen molar-refractivity contribution in [1.82, 2.24) is 0 Å². The normalized spacial score (nSPS) is 32.2. The smallest absolute Gasteiger partial charge is 0.333 e. The number of carbonyl (C=O) groups is 3. The van der Waals surface area contributed by atoms with Gasteiger partial charge in [-0.3, -0.25) is 9.59 Å². The summed E-state index contributed by atoms with van der Waals surface area (Å²) in [6.07, 6.45) is 3.00. The van der Waals surface area contributed by atoms with Crippen LogP contribution >= 0.6 is 11.6 Å². The van der Waals surface area contributed by atoms with E-state index in [1.807, 2.05) is 13.8 Å². The fraction of sp³-hybridized carbons (Fsp3) is 0.500. The number of halogens is 1. The lowest BCUT2D eigenvalue weighted by atomic mass is 9.58. The van der Waals surface area contributed by atoms with Crippen molar-refractivity contribution in [3.63, 3.8) is 0 Å². The number of carbonyl (C=O) groups excluding carboxylic acids is 3. The Kier molecular flexibility index (Phi) is 5.04. The summed E-state index contributed by atoms with van der Waals surface area (Å²) in [6, 6.07) is 0. The zero-order valence-corrected chi connectivity index (χ0v) is 15.0. The molecule has 0 aromatic heterocycles. The molecule has 2 aliphatic rings. The summed E-state index contributed by atoms with van der Waals surface area (Å²) < 4.78 is 10.0. The maximum atomic E-state index is 12.4. The largest absolute Gasteiger partial charge is 0.466 e. The number of hydrogen-bond acceptors (Lipinski definition) is 5. The van der Waals surface area contributed by atoms with Crippen LogP contribution in [0.1, 0.15) is 27.2 Å². The van der Waals surface area contributed by atoms with Crippen LogP contribution in [0, 0.1) is 17.3 Å². The Morgan fingerprint density at radius 3 is 2.58 bits per heavy atom. The molecule has 0 spiro atoms. The van der Waals surface area contributed by atoms with Crippen LogP contribution < -0.4 is 0 Å². The number of esters is 2. The van der Waals surface area contributed by atoms with Crippen molar-refractivity contribution in [3.8, 4) is 0 Å². The van der Waals surface area contributed by atoms with Crippen LogP contribution in [0.3, 0.4) is 0 Å². The van der Waals surface area contributed by atoms with E-state index in [4.69, 9.17) is 16.3 Å². The van der Waals surface area contributed by atoms with Gasteiger partial charge in [0.05, 0.1) is 13.0 Å². The van der Waals surface area contributed by atoms with Crippen molar-refractivity contribution in [2.45, 2.75) is 33.3 Å². The molecule has 0 bridgehead atoms. The molecule has 6 heteroatoms. The summed E-state index contributed by atoms with van der Waals surface area (Å²) in [4.78, 5) is 35.6. The van der Waals surface area contributed by atoms with Crippen molar-refractivity contribution in [3.05, 3.63) is 34.9 Å². The van der Waals surface area contributed by atoms with Crippen molar-refractivity contribution >= 4 is 29.3 Å². The monoisotopic (exact) mass is 352 g/mol. The average Bonchev–Trinajstić information content (AvgIpc) is 2.52. The number of rotatable bonds is 3. The summed E-state index contributed by atoms with van der Waals surface area (Å²) in [7, 11) is 1.25. The van der Waals surface area contributed by atoms with Gasteiger partial charge < -0.3 is 9.47 Å². The average molecular weight is 353 g/mol. The van der Waals surface area contributed by atoms with E-state index in [0.29, 0.717) is 17.0 Å². The van der Waals surface area contributed by atoms with Gasteiger partial charge in [-0.1, -0.05) is 32.0 Å². The SMILES string of the molecule is C=C(C(=O)OC)[C@H]1C[C@@]2(C)C(=CC1=O)C(Cl)=C[C@H](OC(C)=O)[C@@H]2C. The molecule has 0 heterocycles. The van der Waals surface area contributed by atoms with Crippen LogP contribution in [0.5, 0.6) is 0 Å². The van der Waals surface area contributed by atoms with Crippen LogP contribution in [-0.2, 0) is 23.9 Å². The first kappa shape index (κ1) is 18.5. The lowest BCUT2D eigenvalue weighted by Crippen LogP contribution is -2.45. The van der Waals surface area contributed by atoms with Gasteiger partial charge in [0, 0.05) is 28.9 Å². The molecule has 0 unspecified atom stereocenters. The third kappa shape index (κ3) is 3.05. The predicted molar refractivity (Wildman–Crippen MR) is 89.1 cm³/mol. The van der Waals surface area contributed by atoms with Gasteiger partial charge in [0.2, 0.25) is 0 Å². The van der Waals surface area contributed by atoms with Gasteiger partial charge in [-0.2, -0.15) is 0 Å². The van der Waals surface area contributed by atoms with Crippen LogP contribution in [0.25, 0.3) is 0 Å². The Bertz CT molecular complexity index is 675. The Labute approximate surface area is 146 Å². The number of fused-ring (bicyclic) bond motifs is 1. The number of ketones is 1. The lowest BCUT2D eigenvalue weighted by molar-refractivity contribution is -0.148. The van der Waals surface area contributed by atoms with Gasteiger partial charge in [0.1, 0.15) is 6.10 Å². The van der Waals surface area contributed by atoms with E-state index in [0.717, 1.165) is 0 Å². The maximum Gasteiger partial charge on any atom is 0.333 e. The predicted octanol–water partition coefficient (Wildman–Crippen LogP) is 2.94. The Balaban J connectivity index is 2.44. The molecule has 0 aromatic rings. The molecule has 5 nitrogen and oxygen atoms in total. The van der Waals surface area contributed by atoms with Crippen molar-refractivity contribution in [2.75, 3.05) is 7.11 Å². The minimum atomic E-state index is -0.672. The second-order valence-corrected chi connectivity index (χ2v) is 6.94. The molecule has 24 heavy (non-hydrogen) atoms. The molecule has 130 valence electrons. The highest BCUT2D eigenvalue weighted by molar-refractivity contribution is 6.32. The topological polar surface area (TPSA) is 69.7 Å². The van der Waals surface area contributed by atoms with E-state index in [9.17, 15) is 14.4 Å². The Hall–Kier alpha value is -1.88. The highest BCUT2D eigenvalue weighted by Gasteiger charge is 2.50. The molecule has 0 fully saturated rings. The van der Waals surface area contributed by atoms with Gasteiger partial charge in [0.25, 0.3) is 0 Å². The molecule has 0 aliphatic heterocycles. The number of hydrogen-bond donors (Lipinski definition) is 0. The Morgan fingerprint density at radius 2 is 2.04 bits per heavy atom. The van der Waals surface area contributed by atoms with Crippen LogP contribution in [0.4, 0.5) is 0 Å². The highest BCUT2D eigenvalue weighted by atomic mass is 35.5. The van der Waals surface area contributed by atoms with E-state index >= 15 is 0 Å². The van der Waals surface area contributed by atoms with Gasteiger partial charge in [0.15, 0.2) is 5.78 Å². The summed E-state index contributed by atoms with van der Waals surface area (Å²) >= 11 is 6.34. The molecule has 0 aromatic carbocycles. The minimum Gasteiger partial charge on any atom is -0.466 e. The van der Waals surface area contributed by atoms with Gasteiger partial charge in [-0.25, -0.2) is 4.79 Å². The molecule has 0 radical (unpaired) electrons. The summed E-state index contributed by atoms with van der Waals surface area (Å²) in [5.74, 6) is -2.01. The first-order valence-electron chi connectivity index (χ1n) is 7.69. The van der Waals surface area contributed by atoms with Crippen LogP contribution in [0.15, 0.2) is 34.9 Å². The Morgan fingerprint density at radius 1 is 1.42 bits per heavy atom. The standard InChI is InChI=1S/C18H21ClO5/c1-9(17(22)23-5)12-8-18(4)10(2)16(24-11(3)20)7-14(19)13(18)6-15(12)21/h6-7,10,12,16H,1,8H2,2-5H3/t10-,12+,16-,18+/m0/s1. The van der Waals surface area contributed by atoms with Crippen LogP contribution in [-0.4, -0.2) is 30.9 Å². The van der Waals surface area contributed by atoms with Gasteiger partial charge in [-0.15, -0.1) is 0 Å². The third-order valence-corrected chi connectivity index (χ3v) is 5.44.